The molecule has 0 heterocycles. The second-order valence-electron chi connectivity index (χ2n) is 4.01. The fourth-order valence-electron chi connectivity index (χ4n) is 1.98. The number of hydrogen-bond acceptors (Lipinski definition) is 3. The van der Waals surface area contributed by atoms with Gasteiger partial charge >= 0.3 is 6.16 Å². The Bertz CT molecular complexity index is 179. The minimum absolute atomic E-state index is 0.0589. The van der Waals surface area contributed by atoms with Crippen molar-refractivity contribution < 1.29 is 14.3 Å². The first-order chi connectivity index (χ1) is 6.13. The first-order valence-electron chi connectivity index (χ1n) is 4.88. The lowest BCUT2D eigenvalue weighted by Crippen LogP contribution is -2.30. The van der Waals surface area contributed by atoms with E-state index >= 15 is 0 Å². The van der Waals surface area contributed by atoms with E-state index in [1.807, 2.05) is 0 Å². The van der Waals surface area contributed by atoms with Crippen LogP contribution in [0.15, 0.2) is 0 Å². The third kappa shape index (κ3) is 2.90. The lowest BCUT2D eigenvalue weighted by molar-refractivity contribution is -0.00648. The zero-order valence-corrected chi connectivity index (χ0v) is 8.58. The van der Waals surface area contributed by atoms with E-state index in [1.54, 1.807) is 0 Å². The highest BCUT2D eigenvalue weighted by Gasteiger charge is 2.28. The van der Waals surface area contributed by atoms with Gasteiger partial charge in [-0.2, -0.15) is 0 Å². The topological polar surface area (TPSA) is 35.5 Å². The number of hydrogen-bond donors (Lipinski definition) is 0. The van der Waals surface area contributed by atoms with Crippen molar-refractivity contribution in [2.75, 3.05) is 7.11 Å². The fourth-order valence-corrected chi connectivity index (χ4v) is 1.98. The van der Waals surface area contributed by atoms with E-state index in [4.69, 9.17) is 4.74 Å². The molecule has 1 aliphatic carbocycles. The van der Waals surface area contributed by atoms with Gasteiger partial charge in [-0.3, -0.25) is 0 Å². The summed E-state index contributed by atoms with van der Waals surface area (Å²) in [6, 6.07) is 0. The summed E-state index contributed by atoms with van der Waals surface area (Å²) in [4.78, 5) is 10.9. The van der Waals surface area contributed by atoms with Crippen LogP contribution >= 0.6 is 0 Å². The Balaban J connectivity index is 2.38. The summed E-state index contributed by atoms with van der Waals surface area (Å²) in [5.74, 6) is 1.22. The minimum Gasteiger partial charge on any atom is -0.438 e. The Morgan fingerprint density at radius 2 is 2.00 bits per heavy atom. The molecule has 0 saturated heterocycles. The molecule has 3 nitrogen and oxygen atoms in total. The van der Waals surface area contributed by atoms with Crippen LogP contribution in [0.3, 0.4) is 0 Å². The minimum atomic E-state index is -0.550. The summed E-state index contributed by atoms with van der Waals surface area (Å²) in [6.07, 6.45) is 2.76. The van der Waals surface area contributed by atoms with Gasteiger partial charge in [-0.25, -0.2) is 4.79 Å². The van der Waals surface area contributed by atoms with Crippen molar-refractivity contribution in [1.29, 1.82) is 0 Å². The fraction of sp³-hybridized carbons (Fsp3) is 0.900. The molecule has 1 saturated carbocycles. The smallest absolute Gasteiger partial charge is 0.438 e. The molecular weight excluding hydrogens is 168 g/mol. The second-order valence-corrected chi connectivity index (χ2v) is 4.01. The summed E-state index contributed by atoms with van der Waals surface area (Å²) >= 11 is 0. The molecule has 3 unspecified atom stereocenters. The molecule has 1 fully saturated rings. The Labute approximate surface area is 79.4 Å². The maximum absolute atomic E-state index is 10.9. The monoisotopic (exact) mass is 186 g/mol. The first kappa shape index (κ1) is 10.4. The second kappa shape index (κ2) is 4.49. The molecule has 1 aliphatic rings. The molecule has 76 valence electrons. The van der Waals surface area contributed by atoms with Crippen LogP contribution in [-0.4, -0.2) is 19.4 Å². The largest absolute Gasteiger partial charge is 0.508 e. The number of carbonyl (C=O) groups is 1. The van der Waals surface area contributed by atoms with Crippen LogP contribution in [0, 0.1) is 11.8 Å². The van der Waals surface area contributed by atoms with Gasteiger partial charge in [0.1, 0.15) is 6.10 Å². The maximum atomic E-state index is 10.9. The summed E-state index contributed by atoms with van der Waals surface area (Å²) < 4.78 is 9.61. The first-order valence-corrected chi connectivity index (χ1v) is 4.88. The van der Waals surface area contributed by atoms with Crippen molar-refractivity contribution in [3.05, 3.63) is 0 Å². The average molecular weight is 186 g/mol. The van der Waals surface area contributed by atoms with Crippen molar-refractivity contribution in [3.8, 4) is 0 Å². The van der Waals surface area contributed by atoms with Crippen LogP contribution in [0.25, 0.3) is 0 Å². The van der Waals surface area contributed by atoms with E-state index in [2.05, 4.69) is 18.6 Å². The van der Waals surface area contributed by atoms with Gasteiger partial charge in [0.25, 0.3) is 0 Å². The standard InChI is InChI=1S/C10H18O3/c1-7-4-5-9(8(2)6-7)13-10(11)12-3/h7-9H,4-6H2,1-3H3. The predicted octanol–water partition coefficient (Wildman–Crippen LogP) is 2.59. The Hall–Kier alpha value is -0.730. The molecule has 0 aromatic heterocycles. The van der Waals surface area contributed by atoms with Crippen molar-refractivity contribution in [3.63, 3.8) is 0 Å². The third-order valence-corrected chi connectivity index (χ3v) is 2.77. The summed E-state index contributed by atoms with van der Waals surface area (Å²) in [7, 11) is 1.35. The number of carbonyl (C=O) groups excluding carboxylic acids is 1. The van der Waals surface area contributed by atoms with E-state index in [0.29, 0.717) is 5.92 Å². The van der Waals surface area contributed by atoms with Crippen LogP contribution in [-0.2, 0) is 9.47 Å². The summed E-state index contributed by atoms with van der Waals surface area (Å²) in [5, 5.41) is 0. The van der Waals surface area contributed by atoms with Crippen molar-refractivity contribution in [1.82, 2.24) is 0 Å². The van der Waals surface area contributed by atoms with Crippen LogP contribution in [0.2, 0.25) is 0 Å². The Morgan fingerprint density at radius 3 is 2.54 bits per heavy atom. The van der Waals surface area contributed by atoms with Crippen LogP contribution in [0.5, 0.6) is 0 Å². The molecule has 0 amide bonds. The molecule has 0 spiro atoms. The normalized spacial score (nSPS) is 33.9. The van der Waals surface area contributed by atoms with Crippen molar-refractivity contribution >= 4 is 6.16 Å². The molecule has 0 aromatic carbocycles. The van der Waals surface area contributed by atoms with Gasteiger partial charge < -0.3 is 9.47 Å². The van der Waals surface area contributed by atoms with E-state index in [-0.39, 0.29) is 6.10 Å². The molecule has 0 aliphatic heterocycles. The maximum Gasteiger partial charge on any atom is 0.508 e. The van der Waals surface area contributed by atoms with Crippen molar-refractivity contribution in [2.45, 2.75) is 39.2 Å². The molecule has 3 atom stereocenters. The number of ether oxygens (including phenoxy) is 2. The Morgan fingerprint density at radius 1 is 1.31 bits per heavy atom. The van der Waals surface area contributed by atoms with E-state index < -0.39 is 6.16 Å². The summed E-state index contributed by atoms with van der Waals surface area (Å²) in [5.41, 5.74) is 0. The van der Waals surface area contributed by atoms with Crippen LogP contribution < -0.4 is 0 Å². The molecule has 0 aromatic rings. The van der Waals surface area contributed by atoms with E-state index in [1.165, 1.54) is 7.11 Å². The molecule has 1 rings (SSSR count). The highest BCUT2D eigenvalue weighted by atomic mass is 16.7. The molecule has 3 heteroatoms. The Kier molecular flexibility index (Phi) is 3.58. The van der Waals surface area contributed by atoms with Gasteiger partial charge in [-0.05, 0) is 31.1 Å². The van der Waals surface area contributed by atoms with Gasteiger partial charge in [0, 0.05) is 0 Å². The van der Waals surface area contributed by atoms with Crippen molar-refractivity contribution in [2.24, 2.45) is 11.8 Å². The molecular formula is C10H18O3. The average Bonchev–Trinajstić information content (AvgIpc) is 2.09. The van der Waals surface area contributed by atoms with Gasteiger partial charge in [-0.15, -0.1) is 0 Å². The number of methoxy groups -OCH3 is 1. The lowest BCUT2D eigenvalue weighted by Gasteiger charge is -2.31. The lowest BCUT2D eigenvalue weighted by atomic mass is 9.81. The SMILES string of the molecule is COC(=O)OC1CCC(C)CC1C. The van der Waals surface area contributed by atoms with E-state index in [9.17, 15) is 4.79 Å². The zero-order chi connectivity index (χ0) is 9.84. The van der Waals surface area contributed by atoms with Crippen LogP contribution in [0.1, 0.15) is 33.1 Å². The van der Waals surface area contributed by atoms with Crippen LogP contribution in [0.4, 0.5) is 4.79 Å². The highest BCUT2D eigenvalue weighted by Crippen LogP contribution is 2.30. The molecule has 0 N–H and O–H groups in total. The quantitative estimate of drug-likeness (QED) is 0.590. The zero-order valence-electron chi connectivity index (χ0n) is 8.58. The number of rotatable bonds is 1. The molecule has 13 heavy (non-hydrogen) atoms. The van der Waals surface area contributed by atoms with Gasteiger partial charge in [0.2, 0.25) is 0 Å². The van der Waals surface area contributed by atoms with Gasteiger partial charge in [-0.1, -0.05) is 13.8 Å². The van der Waals surface area contributed by atoms with Gasteiger partial charge in [0.15, 0.2) is 0 Å². The predicted molar refractivity (Wildman–Crippen MR) is 49.5 cm³/mol. The summed E-state index contributed by atoms with van der Waals surface area (Å²) in [6.45, 7) is 4.37. The molecule has 0 radical (unpaired) electrons. The van der Waals surface area contributed by atoms with Gasteiger partial charge in [0.05, 0.1) is 7.11 Å². The van der Waals surface area contributed by atoms with E-state index in [0.717, 1.165) is 25.2 Å². The third-order valence-electron chi connectivity index (χ3n) is 2.77. The molecule has 0 bridgehead atoms. The highest BCUT2D eigenvalue weighted by molar-refractivity contribution is 5.59.